The maximum Gasteiger partial charge on any atom is 0.248 e. The SMILES string of the molecule is COCC(=O)N1C[C@@H](O)[C@H](Oc2cccc(F)c2)C1. The summed E-state index contributed by atoms with van der Waals surface area (Å²) in [6, 6.07) is 5.69. The van der Waals surface area contributed by atoms with Crippen LogP contribution in [0.4, 0.5) is 4.39 Å². The van der Waals surface area contributed by atoms with E-state index in [9.17, 15) is 14.3 Å². The summed E-state index contributed by atoms with van der Waals surface area (Å²) in [5, 5.41) is 9.85. The molecule has 1 aliphatic heterocycles. The Kier molecular flexibility index (Phi) is 4.34. The van der Waals surface area contributed by atoms with E-state index in [0.717, 1.165) is 0 Å². The summed E-state index contributed by atoms with van der Waals surface area (Å²) >= 11 is 0. The van der Waals surface area contributed by atoms with E-state index in [4.69, 9.17) is 9.47 Å². The summed E-state index contributed by atoms with van der Waals surface area (Å²) in [6.07, 6.45) is -1.34. The van der Waals surface area contributed by atoms with Crippen molar-refractivity contribution in [3.05, 3.63) is 30.1 Å². The van der Waals surface area contributed by atoms with Crippen molar-refractivity contribution in [1.82, 2.24) is 4.90 Å². The molecule has 0 bridgehead atoms. The predicted octanol–water partition coefficient (Wildman–Crippen LogP) is 0.423. The van der Waals surface area contributed by atoms with Crippen LogP contribution in [0.3, 0.4) is 0 Å². The van der Waals surface area contributed by atoms with Crippen molar-refractivity contribution in [3.63, 3.8) is 0 Å². The fourth-order valence-corrected chi connectivity index (χ4v) is 2.01. The lowest BCUT2D eigenvalue weighted by Crippen LogP contribution is -2.33. The number of rotatable bonds is 4. The third-order valence-corrected chi connectivity index (χ3v) is 2.94. The first-order chi connectivity index (χ1) is 9.10. The van der Waals surface area contributed by atoms with Crippen LogP contribution in [0.2, 0.25) is 0 Å². The number of amides is 1. The molecule has 1 aromatic carbocycles. The van der Waals surface area contributed by atoms with Crippen molar-refractivity contribution in [2.45, 2.75) is 12.2 Å². The maximum atomic E-state index is 13.0. The van der Waals surface area contributed by atoms with Gasteiger partial charge in [-0.2, -0.15) is 0 Å². The third kappa shape index (κ3) is 3.42. The fourth-order valence-electron chi connectivity index (χ4n) is 2.01. The number of methoxy groups -OCH3 is 1. The zero-order chi connectivity index (χ0) is 13.8. The molecule has 1 heterocycles. The minimum absolute atomic E-state index is 0.0284. The van der Waals surface area contributed by atoms with Crippen molar-refractivity contribution in [1.29, 1.82) is 0 Å². The number of carbonyl (C=O) groups excluding carboxylic acids is 1. The van der Waals surface area contributed by atoms with E-state index in [1.54, 1.807) is 6.07 Å². The van der Waals surface area contributed by atoms with Gasteiger partial charge in [0.05, 0.1) is 13.1 Å². The molecule has 104 valence electrons. The molecule has 1 aliphatic rings. The van der Waals surface area contributed by atoms with Crippen molar-refractivity contribution >= 4 is 5.91 Å². The molecule has 5 nitrogen and oxygen atoms in total. The molecule has 0 aromatic heterocycles. The molecule has 1 aromatic rings. The Hall–Kier alpha value is -1.66. The first kappa shape index (κ1) is 13.8. The summed E-state index contributed by atoms with van der Waals surface area (Å²) < 4.78 is 23.3. The Morgan fingerprint density at radius 3 is 3.00 bits per heavy atom. The van der Waals surface area contributed by atoms with Crippen molar-refractivity contribution in [2.75, 3.05) is 26.8 Å². The normalized spacial score (nSPS) is 22.6. The molecular weight excluding hydrogens is 253 g/mol. The van der Waals surface area contributed by atoms with E-state index in [-0.39, 0.29) is 25.6 Å². The van der Waals surface area contributed by atoms with Gasteiger partial charge in [0.1, 0.15) is 30.4 Å². The average Bonchev–Trinajstić information content (AvgIpc) is 2.71. The molecule has 0 unspecified atom stereocenters. The van der Waals surface area contributed by atoms with Crippen LogP contribution < -0.4 is 4.74 Å². The third-order valence-electron chi connectivity index (χ3n) is 2.94. The van der Waals surface area contributed by atoms with Crippen LogP contribution in [0.1, 0.15) is 0 Å². The topological polar surface area (TPSA) is 59.0 Å². The molecule has 2 atom stereocenters. The zero-order valence-electron chi connectivity index (χ0n) is 10.6. The highest BCUT2D eigenvalue weighted by Gasteiger charge is 2.35. The van der Waals surface area contributed by atoms with Gasteiger partial charge in [0.25, 0.3) is 0 Å². The van der Waals surface area contributed by atoms with Crippen LogP contribution >= 0.6 is 0 Å². The predicted molar refractivity (Wildman–Crippen MR) is 65.3 cm³/mol. The lowest BCUT2D eigenvalue weighted by molar-refractivity contribution is -0.134. The van der Waals surface area contributed by atoms with Gasteiger partial charge in [-0.25, -0.2) is 4.39 Å². The second-order valence-corrected chi connectivity index (χ2v) is 4.41. The number of aliphatic hydroxyl groups is 1. The molecule has 0 saturated carbocycles. The Morgan fingerprint density at radius 2 is 2.32 bits per heavy atom. The molecule has 0 aliphatic carbocycles. The highest BCUT2D eigenvalue weighted by Crippen LogP contribution is 2.19. The molecule has 0 spiro atoms. The van der Waals surface area contributed by atoms with Gasteiger partial charge in [-0.1, -0.05) is 6.07 Å². The summed E-state index contributed by atoms with van der Waals surface area (Å²) in [5.74, 6) is -0.269. The van der Waals surface area contributed by atoms with Crippen LogP contribution in [0.15, 0.2) is 24.3 Å². The van der Waals surface area contributed by atoms with Gasteiger partial charge in [0.15, 0.2) is 0 Å². The molecule has 1 amide bonds. The van der Waals surface area contributed by atoms with Crippen LogP contribution in [0.25, 0.3) is 0 Å². The number of aliphatic hydroxyl groups excluding tert-OH is 1. The minimum Gasteiger partial charge on any atom is -0.486 e. The lowest BCUT2D eigenvalue weighted by atomic mass is 10.2. The Balaban J connectivity index is 1.96. The van der Waals surface area contributed by atoms with Crippen LogP contribution in [0.5, 0.6) is 5.75 Å². The van der Waals surface area contributed by atoms with Gasteiger partial charge >= 0.3 is 0 Å². The monoisotopic (exact) mass is 269 g/mol. The molecule has 1 saturated heterocycles. The van der Waals surface area contributed by atoms with E-state index in [1.165, 1.54) is 30.2 Å². The number of nitrogens with zero attached hydrogens (tertiary/aromatic N) is 1. The number of carbonyl (C=O) groups is 1. The summed E-state index contributed by atoms with van der Waals surface area (Å²) in [7, 11) is 1.44. The second kappa shape index (κ2) is 5.99. The largest absolute Gasteiger partial charge is 0.486 e. The Labute approximate surface area is 110 Å². The van der Waals surface area contributed by atoms with Crippen LogP contribution in [-0.2, 0) is 9.53 Å². The van der Waals surface area contributed by atoms with E-state index >= 15 is 0 Å². The fraction of sp³-hybridized carbons (Fsp3) is 0.462. The Bertz CT molecular complexity index is 454. The number of likely N-dealkylation sites (tertiary alicyclic amines) is 1. The van der Waals surface area contributed by atoms with Crippen molar-refractivity contribution < 1.29 is 23.8 Å². The zero-order valence-corrected chi connectivity index (χ0v) is 10.6. The quantitative estimate of drug-likeness (QED) is 0.861. The lowest BCUT2D eigenvalue weighted by Gasteiger charge is -2.17. The summed E-state index contributed by atoms with van der Waals surface area (Å²) in [4.78, 5) is 13.1. The molecule has 19 heavy (non-hydrogen) atoms. The van der Waals surface area contributed by atoms with Gasteiger partial charge < -0.3 is 19.5 Å². The number of β-amino-alcohol motifs (C(OH)–C–C–N with tert-alkyl or cyclic N) is 1. The number of hydrogen-bond donors (Lipinski definition) is 1. The molecular formula is C13H16FNO4. The maximum absolute atomic E-state index is 13.0. The Morgan fingerprint density at radius 1 is 1.53 bits per heavy atom. The first-order valence-electron chi connectivity index (χ1n) is 5.97. The average molecular weight is 269 g/mol. The van der Waals surface area contributed by atoms with Gasteiger partial charge in [0.2, 0.25) is 5.91 Å². The van der Waals surface area contributed by atoms with E-state index in [2.05, 4.69) is 0 Å². The second-order valence-electron chi connectivity index (χ2n) is 4.41. The van der Waals surface area contributed by atoms with E-state index in [0.29, 0.717) is 5.75 Å². The van der Waals surface area contributed by atoms with Gasteiger partial charge in [-0.05, 0) is 12.1 Å². The standard InChI is InChI=1S/C13H16FNO4/c1-18-8-13(17)15-6-11(16)12(7-15)19-10-4-2-3-9(14)5-10/h2-5,11-12,16H,6-8H2,1H3/t11-,12-/m1/s1. The number of halogens is 1. The molecule has 6 heteroatoms. The number of ether oxygens (including phenoxy) is 2. The molecule has 2 rings (SSSR count). The van der Waals surface area contributed by atoms with Crippen LogP contribution in [-0.4, -0.2) is 54.9 Å². The highest BCUT2D eigenvalue weighted by molar-refractivity contribution is 5.77. The number of hydrogen-bond acceptors (Lipinski definition) is 4. The summed E-state index contributed by atoms with van der Waals surface area (Å²) in [6.45, 7) is 0.432. The summed E-state index contributed by atoms with van der Waals surface area (Å²) in [5.41, 5.74) is 0. The molecule has 0 radical (unpaired) electrons. The van der Waals surface area contributed by atoms with E-state index in [1.807, 2.05) is 0 Å². The molecule has 1 N–H and O–H groups in total. The smallest absolute Gasteiger partial charge is 0.248 e. The minimum atomic E-state index is -0.788. The first-order valence-corrected chi connectivity index (χ1v) is 5.97. The van der Waals surface area contributed by atoms with Gasteiger partial charge in [-0.15, -0.1) is 0 Å². The van der Waals surface area contributed by atoms with Crippen molar-refractivity contribution in [2.24, 2.45) is 0 Å². The van der Waals surface area contributed by atoms with Gasteiger partial charge in [0, 0.05) is 13.2 Å². The van der Waals surface area contributed by atoms with Crippen molar-refractivity contribution in [3.8, 4) is 5.75 Å². The highest BCUT2D eigenvalue weighted by atomic mass is 19.1. The molecule has 1 fully saturated rings. The van der Waals surface area contributed by atoms with E-state index < -0.39 is 18.0 Å². The number of benzene rings is 1. The van der Waals surface area contributed by atoms with Crippen LogP contribution in [0, 0.1) is 5.82 Å². The van der Waals surface area contributed by atoms with Gasteiger partial charge in [-0.3, -0.25) is 4.79 Å².